The van der Waals surface area contributed by atoms with Gasteiger partial charge < -0.3 is 4.74 Å². The first kappa shape index (κ1) is 9.67. The van der Waals surface area contributed by atoms with Crippen LogP contribution in [-0.4, -0.2) is 19.4 Å². The predicted octanol–water partition coefficient (Wildman–Crippen LogP) is 1.75. The number of hydrogen-bond donors (Lipinski definition) is 0. The maximum atomic E-state index is 11.0. The molecule has 1 aromatic heterocycles. The third kappa shape index (κ3) is 2.52. The Hall–Kier alpha value is -1.42. The first-order chi connectivity index (χ1) is 6.27. The van der Waals surface area contributed by atoms with E-state index in [9.17, 15) is 9.59 Å². The smallest absolute Gasteiger partial charge is 0.338 e. The average Bonchev–Trinajstić information content (AvgIpc) is 2.62. The van der Waals surface area contributed by atoms with Gasteiger partial charge in [-0.05, 0) is 18.2 Å². The highest BCUT2D eigenvalue weighted by atomic mass is 32.1. The largest absolute Gasteiger partial charge is 0.465 e. The number of allylic oxidation sites excluding steroid dienone is 1. The molecule has 0 unspecified atom stereocenters. The third-order valence-corrected chi connectivity index (χ3v) is 2.28. The van der Waals surface area contributed by atoms with Crippen molar-refractivity contribution in [2.75, 3.05) is 7.11 Å². The number of rotatable bonds is 3. The van der Waals surface area contributed by atoms with Crippen LogP contribution in [0.1, 0.15) is 15.2 Å². The molecule has 1 heterocycles. The molecule has 1 aromatic rings. The van der Waals surface area contributed by atoms with Crippen LogP contribution in [-0.2, 0) is 9.53 Å². The lowest BCUT2D eigenvalue weighted by atomic mass is 10.3. The molecule has 68 valence electrons. The van der Waals surface area contributed by atoms with Crippen LogP contribution in [0.5, 0.6) is 0 Å². The molecule has 0 atom stereocenters. The van der Waals surface area contributed by atoms with E-state index in [2.05, 4.69) is 4.74 Å². The molecule has 0 bridgehead atoms. The number of ether oxygens (including phenoxy) is 1. The summed E-state index contributed by atoms with van der Waals surface area (Å²) < 4.78 is 4.53. The molecule has 0 aromatic carbocycles. The van der Waals surface area contributed by atoms with Crippen molar-refractivity contribution in [3.8, 4) is 0 Å². The molecule has 0 fully saturated rings. The zero-order valence-electron chi connectivity index (χ0n) is 7.02. The number of methoxy groups -OCH3 is 1. The van der Waals surface area contributed by atoms with E-state index in [1.807, 2.05) is 0 Å². The Kier molecular flexibility index (Phi) is 3.40. The summed E-state index contributed by atoms with van der Waals surface area (Å²) in [7, 11) is 1.33. The fourth-order valence-electron chi connectivity index (χ4n) is 0.799. The van der Waals surface area contributed by atoms with Crippen molar-refractivity contribution in [2.45, 2.75) is 0 Å². The summed E-state index contributed by atoms with van der Waals surface area (Å²) in [4.78, 5) is 21.8. The van der Waals surface area contributed by atoms with Gasteiger partial charge in [0.15, 0.2) is 0 Å². The second-order valence-corrected chi connectivity index (χ2v) is 3.17. The zero-order valence-corrected chi connectivity index (χ0v) is 7.84. The number of esters is 1. The Balaban J connectivity index is 2.80. The van der Waals surface area contributed by atoms with Crippen LogP contribution in [0.25, 0.3) is 6.08 Å². The van der Waals surface area contributed by atoms with E-state index in [1.165, 1.54) is 24.5 Å². The van der Waals surface area contributed by atoms with Gasteiger partial charge in [-0.25, -0.2) is 4.79 Å². The lowest BCUT2D eigenvalue weighted by Gasteiger charge is -1.91. The lowest BCUT2D eigenvalue weighted by Crippen LogP contribution is -1.97. The van der Waals surface area contributed by atoms with E-state index < -0.39 is 0 Å². The van der Waals surface area contributed by atoms with E-state index in [4.69, 9.17) is 0 Å². The van der Waals surface area contributed by atoms with Crippen LogP contribution >= 0.6 is 11.3 Å². The Morgan fingerprint density at radius 1 is 1.62 bits per heavy atom. The van der Waals surface area contributed by atoms with Gasteiger partial charge in [-0.2, -0.15) is 0 Å². The highest BCUT2D eigenvalue weighted by Crippen LogP contribution is 2.16. The van der Waals surface area contributed by atoms with Crippen molar-refractivity contribution in [3.63, 3.8) is 0 Å². The van der Waals surface area contributed by atoms with Crippen molar-refractivity contribution in [1.82, 2.24) is 0 Å². The number of carbonyl (C=O) groups excluding carboxylic acids is 2. The van der Waals surface area contributed by atoms with E-state index in [-0.39, 0.29) is 5.97 Å². The highest BCUT2D eigenvalue weighted by molar-refractivity contribution is 7.11. The molecule has 0 spiro atoms. The summed E-state index contributed by atoms with van der Waals surface area (Å²) in [6, 6.07) is 1.68. The Labute approximate surface area is 79.6 Å². The van der Waals surface area contributed by atoms with Gasteiger partial charge in [-0.3, -0.25) is 4.79 Å². The van der Waals surface area contributed by atoms with Gasteiger partial charge in [0.05, 0.1) is 12.7 Å². The molecule has 0 aliphatic heterocycles. The molecule has 0 amide bonds. The Morgan fingerprint density at radius 2 is 2.38 bits per heavy atom. The van der Waals surface area contributed by atoms with Gasteiger partial charge in [-0.1, -0.05) is 0 Å². The molecule has 0 saturated carbocycles. The van der Waals surface area contributed by atoms with Crippen LogP contribution < -0.4 is 0 Å². The monoisotopic (exact) mass is 196 g/mol. The minimum atomic E-state index is -0.359. The number of hydrogen-bond acceptors (Lipinski definition) is 4. The van der Waals surface area contributed by atoms with Crippen LogP contribution in [0.2, 0.25) is 0 Å². The summed E-state index contributed by atoms with van der Waals surface area (Å²) in [6.45, 7) is 0. The fraction of sp³-hybridized carbons (Fsp3) is 0.111. The molecular weight excluding hydrogens is 188 g/mol. The maximum absolute atomic E-state index is 11.0. The molecular formula is C9H8O3S. The quantitative estimate of drug-likeness (QED) is 0.420. The van der Waals surface area contributed by atoms with Gasteiger partial charge in [0.1, 0.15) is 6.29 Å². The normalized spacial score (nSPS) is 10.2. The summed E-state index contributed by atoms with van der Waals surface area (Å²) in [6.07, 6.45) is 3.72. The maximum Gasteiger partial charge on any atom is 0.338 e. The number of carbonyl (C=O) groups is 2. The van der Waals surface area contributed by atoms with Crippen LogP contribution in [0, 0.1) is 0 Å². The fourth-order valence-corrected chi connectivity index (χ4v) is 1.58. The van der Waals surface area contributed by atoms with Crippen molar-refractivity contribution in [2.24, 2.45) is 0 Å². The standard InChI is InChI=1S/C9H8O3S/c1-12-9(11)7-5-8(13-6-7)3-2-4-10/h2-6H,1H3. The number of thiophene rings is 1. The van der Waals surface area contributed by atoms with Gasteiger partial charge in [0.2, 0.25) is 0 Å². The van der Waals surface area contributed by atoms with E-state index in [0.717, 1.165) is 4.88 Å². The Morgan fingerprint density at radius 3 is 3.00 bits per heavy atom. The van der Waals surface area contributed by atoms with Crippen LogP contribution in [0.15, 0.2) is 17.5 Å². The van der Waals surface area contributed by atoms with E-state index in [0.29, 0.717) is 11.8 Å². The SMILES string of the molecule is COC(=O)c1csc(C=CC=O)c1. The van der Waals surface area contributed by atoms with Crippen LogP contribution in [0.4, 0.5) is 0 Å². The summed E-state index contributed by atoms with van der Waals surface area (Å²) >= 11 is 1.39. The van der Waals surface area contributed by atoms with E-state index >= 15 is 0 Å². The predicted molar refractivity (Wildman–Crippen MR) is 50.8 cm³/mol. The van der Waals surface area contributed by atoms with E-state index in [1.54, 1.807) is 17.5 Å². The second-order valence-electron chi connectivity index (χ2n) is 2.22. The van der Waals surface area contributed by atoms with Crippen molar-refractivity contribution in [3.05, 3.63) is 28.0 Å². The molecule has 3 nitrogen and oxygen atoms in total. The summed E-state index contributed by atoms with van der Waals surface area (Å²) in [5.74, 6) is -0.359. The molecule has 0 aliphatic carbocycles. The van der Waals surface area contributed by atoms with Crippen molar-refractivity contribution < 1.29 is 14.3 Å². The average molecular weight is 196 g/mol. The first-order valence-corrected chi connectivity index (χ1v) is 4.44. The van der Waals surface area contributed by atoms with Crippen molar-refractivity contribution in [1.29, 1.82) is 0 Å². The molecule has 4 heteroatoms. The highest BCUT2D eigenvalue weighted by Gasteiger charge is 2.06. The second kappa shape index (κ2) is 4.57. The third-order valence-electron chi connectivity index (χ3n) is 1.38. The van der Waals surface area contributed by atoms with Crippen molar-refractivity contribution >= 4 is 29.7 Å². The van der Waals surface area contributed by atoms with Crippen LogP contribution in [0.3, 0.4) is 0 Å². The number of aldehydes is 1. The molecule has 1 rings (SSSR count). The molecule has 13 heavy (non-hydrogen) atoms. The minimum Gasteiger partial charge on any atom is -0.465 e. The molecule has 0 N–H and O–H groups in total. The summed E-state index contributed by atoms with van der Waals surface area (Å²) in [5, 5.41) is 1.69. The molecule has 0 saturated heterocycles. The topological polar surface area (TPSA) is 43.4 Å². The van der Waals surface area contributed by atoms with Gasteiger partial charge >= 0.3 is 5.97 Å². The molecule has 0 aliphatic rings. The molecule has 0 radical (unpaired) electrons. The van der Waals surface area contributed by atoms with Gasteiger partial charge in [0.25, 0.3) is 0 Å². The van der Waals surface area contributed by atoms with Gasteiger partial charge in [-0.15, -0.1) is 11.3 Å². The van der Waals surface area contributed by atoms with Gasteiger partial charge in [0, 0.05) is 10.3 Å². The lowest BCUT2D eigenvalue weighted by molar-refractivity contribution is -0.104. The first-order valence-electron chi connectivity index (χ1n) is 3.56. The minimum absolute atomic E-state index is 0.359. The zero-order chi connectivity index (χ0) is 9.68. The Bertz CT molecular complexity index is 338. The summed E-state index contributed by atoms with van der Waals surface area (Å²) in [5.41, 5.74) is 0.512.